The number of pyridine rings is 1. The van der Waals surface area contributed by atoms with E-state index in [1.54, 1.807) is 16.9 Å². The number of urea groups is 1. The highest BCUT2D eigenvalue weighted by Gasteiger charge is 2.36. The number of aromatic nitrogens is 3. The molecule has 0 radical (unpaired) electrons. The van der Waals surface area contributed by atoms with E-state index in [9.17, 15) is 9.00 Å². The molecule has 0 saturated heterocycles. The van der Waals surface area contributed by atoms with Crippen molar-refractivity contribution < 1.29 is 9.00 Å². The van der Waals surface area contributed by atoms with Gasteiger partial charge in [-0.1, -0.05) is 13.8 Å². The Balaban J connectivity index is 1.69. The van der Waals surface area contributed by atoms with Crippen LogP contribution in [-0.2, 0) is 34.6 Å². The molecule has 0 spiro atoms. The van der Waals surface area contributed by atoms with E-state index >= 15 is 0 Å². The zero-order valence-electron chi connectivity index (χ0n) is 17.4. The van der Waals surface area contributed by atoms with Crippen LogP contribution in [0.15, 0.2) is 21.7 Å². The van der Waals surface area contributed by atoms with Gasteiger partial charge >= 0.3 is 6.03 Å². The van der Waals surface area contributed by atoms with E-state index in [0.717, 1.165) is 60.3 Å². The number of amides is 2. The average molecular weight is 417 g/mol. The lowest BCUT2D eigenvalue weighted by Gasteiger charge is -2.20. The Bertz CT molecular complexity index is 1110. The monoisotopic (exact) mass is 416 g/mol. The van der Waals surface area contributed by atoms with Gasteiger partial charge < -0.3 is 5.32 Å². The van der Waals surface area contributed by atoms with Crippen molar-refractivity contribution in [2.45, 2.75) is 76.3 Å². The predicted molar refractivity (Wildman–Crippen MR) is 112 cm³/mol. The summed E-state index contributed by atoms with van der Waals surface area (Å²) in [6.07, 6.45) is 6.34. The van der Waals surface area contributed by atoms with Crippen LogP contribution in [0.4, 0.5) is 10.5 Å². The maximum absolute atomic E-state index is 12.9. The number of aryl methyl sites for hydroxylation is 1. The predicted octanol–water partition coefficient (Wildman–Crippen LogP) is 3.50. The molecule has 1 atom stereocenters. The molecule has 156 valence electrons. The number of hydrogen-bond acceptors (Lipinski definition) is 4. The Kier molecular flexibility index (Phi) is 4.77. The molecule has 2 aliphatic carbocycles. The Morgan fingerprint density at radius 1 is 1.31 bits per heavy atom. The number of nitrogens with zero attached hydrogens (tertiary/aromatic N) is 4. The van der Waals surface area contributed by atoms with Gasteiger partial charge in [0.2, 0.25) is 0 Å². The van der Waals surface area contributed by atoms with Crippen LogP contribution in [0.25, 0.3) is 0 Å². The van der Waals surface area contributed by atoms with Crippen LogP contribution < -0.4 is 10.5 Å². The summed E-state index contributed by atoms with van der Waals surface area (Å²) >= 11 is 0. The molecule has 9 heteroatoms. The minimum Gasteiger partial charge on any atom is -0.305 e. The topological polar surface area (TPSA) is 115 Å². The summed E-state index contributed by atoms with van der Waals surface area (Å²) in [4.78, 5) is 17.6. The number of nitrogens with one attached hydrogen (secondary N) is 1. The molecule has 0 fully saturated rings. The van der Waals surface area contributed by atoms with Crippen LogP contribution in [-0.4, -0.2) is 25.0 Å². The van der Waals surface area contributed by atoms with Crippen molar-refractivity contribution in [3.05, 3.63) is 34.8 Å². The highest BCUT2D eigenvalue weighted by Crippen LogP contribution is 2.44. The fraction of sp³-hybridized carbons (Fsp3) is 0.550. The Morgan fingerprint density at radius 2 is 2.07 bits per heavy atom. The third kappa shape index (κ3) is 3.57. The highest BCUT2D eigenvalue weighted by molar-refractivity contribution is 7.91. The molecule has 4 rings (SSSR count). The summed E-state index contributed by atoms with van der Waals surface area (Å²) in [5.74, 6) is 0. The first-order chi connectivity index (χ1) is 13.6. The van der Waals surface area contributed by atoms with Crippen LogP contribution in [0.5, 0.6) is 0 Å². The van der Waals surface area contributed by atoms with Gasteiger partial charge in [0.25, 0.3) is 0 Å². The molecule has 3 N–H and O–H groups in total. The van der Waals surface area contributed by atoms with Gasteiger partial charge in [0.05, 0.1) is 11.4 Å². The zero-order valence-corrected chi connectivity index (χ0v) is 18.2. The van der Waals surface area contributed by atoms with Crippen molar-refractivity contribution in [2.24, 2.45) is 9.50 Å². The van der Waals surface area contributed by atoms with Gasteiger partial charge in [-0.25, -0.2) is 14.1 Å². The first-order valence-corrected chi connectivity index (χ1v) is 11.6. The smallest absolute Gasteiger partial charge is 0.305 e. The maximum atomic E-state index is 12.9. The number of anilines is 1. The molecule has 2 amide bonds. The van der Waals surface area contributed by atoms with Crippen molar-refractivity contribution in [3.8, 4) is 0 Å². The van der Waals surface area contributed by atoms with Gasteiger partial charge in [-0.15, -0.1) is 4.36 Å². The SMILES string of the molecule is CC(C)n1ccc([S@](N)(=O)=NC(=O)Nc2c3c(nc4c2CCC4(C)C)CCC3)n1. The van der Waals surface area contributed by atoms with E-state index in [1.807, 2.05) is 13.8 Å². The van der Waals surface area contributed by atoms with Crippen molar-refractivity contribution in [3.63, 3.8) is 0 Å². The van der Waals surface area contributed by atoms with Crippen LogP contribution in [0.2, 0.25) is 0 Å². The fourth-order valence-electron chi connectivity index (χ4n) is 4.20. The number of hydrogen-bond donors (Lipinski definition) is 2. The normalized spacial score (nSPS) is 19.0. The second-order valence-electron chi connectivity index (χ2n) is 8.79. The minimum atomic E-state index is -3.43. The van der Waals surface area contributed by atoms with E-state index < -0.39 is 15.9 Å². The Hall–Kier alpha value is -2.26. The van der Waals surface area contributed by atoms with Crippen LogP contribution in [0, 0.1) is 0 Å². The number of fused-ring (bicyclic) bond motifs is 2. The van der Waals surface area contributed by atoms with Crippen molar-refractivity contribution in [1.29, 1.82) is 0 Å². The number of carbonyl (C=O) groups is 1. The van der Waals surface area contributed by atoms with Crippen molar-refractivity contribution in [1.82, 2.24) is 14.8 Å². The molecule has 8 nitrogen and oxygen atoms in total. The van der Waals surface area contributed by atoms with Gasteiger partial charge in [-0.2, -0.15) is 5.10 Å². The minimum absolute atomic E-state index is 0.0192. The summed E-state index contributed by atoms with van der Waals surface area (Å²) in [6.45, 7) is 8.26. The molecule has 2 aromatic heterocycles. The molecule has 0 unspecified atom stereocenters. The number of rotatable bonds is 3. The average Bonchev–Trinajstić information content (AvgIpc) is 3.34. The zero-order chi connectivity index (χ0) is 21.0. The summed E-state index contributed by atoms with van der Waals surface area (Å²) in [5, 5.41) is 13.1. The second kappa shape index (κ2) is 6.91. The van der Waals surface area contributed by atoms with E-state index in [1.165, 1.54) is 0 Å². The largest absolute Gasteiger partial charge is 0.354 e. The molecule has 0 aliphatic heterocycles. The second-order valence-corrected chi connectivity index (χ2v) is 10.5. The van der Waals surface area contributed by atoms with Crippen molar-refractivity contribution in [2.75, 3.05) is 5.32 Å². The Labute approximate surface area is 171 Å². The van der Waals surface area contributed by atoms with E-state index in [2.05, 4.69) is 28.6 Å². The van der Waals surface area contributed by atoms with E-state index in [0.29, 0.717) is 0 Å². The summed E-state index contributed by atoms with van der Waals surface area (Å²) in [6, 6.07) is 0.936. The number of carbonyl (C=O) groups excluding carboxylic acids is 1. The molecule has 0 aromatic carbocycles. The van der Waals surface area contributed by atoms with E-state index in [-0.39, 0.29) is 16.5 Å². The van der Waals surface area contributed by atoms with Crippen LogP contribution in [0.3, 0.4) is 0 Å². The van der Waals surface area contributed by atoms with Gasteiger partial charge in [0.15, 0.2) is 14.9 Å². The number of nitrogens with two attached hydrogens (primary N) is 1. The first-order valence-electron chi connectivity index (χ1n) is 10.0. The van der Waals surface area contributed by atoms with Gasteiger partial charge in [0, 0.05) is 23.3 Å². The molecule has 2 aliphatic rings. The van der Waals surface area contributed by atoms with Crippen LogP contribution in [0.1, 0.15) is 69.1 Å². The fourth-order valence-corrected chi connectivity index (χ4v) is 5.05. The lowest BCUT2D eigenvalue weighted by atomic mass is 9.90. The first kappa shape index (κ1) is 20.0. The highest BCUT2D eigenvalue weighted by atomic mass is 32.2. The molecular weight excluding hydrogens is 388 g/mol. The van der Waals surface area contributed by atoms with Crippen LogP contribution >= 0.6 is 0 Å². The third-order valence-electron chi connectivity index (χ3n) is 5.83. The molecule has 0 bridgehead atoms. The summed E-state index contributed by atoms with van der Waals surface area (Å²) in [5.41, 5.74) is 5.04. The molecule has 2 aromatic rings. The quantitative estimate of drug-likeness (QED) is 0.796. The molecule has 2 heterocycles. The van der Waals surface area contributed by atoms with Gasteiger partial charge in [0.1, 0.15) is 0 Å². The van der Waals surface area contributed by atoms with Gasteiger partial charge in [-0.3, -0.25) is 9.67 Å². The summed E-state index contributed by atoms with van der Waals surface area (Å²) < 4.78 is 18.3. The Morgan fingerprint density at radius 3 is 2.76 bits per heavy atom. The van der Waals surface area contributed by atoms with Gasteiger partial charge in [-0.05, 0) is 63.1 Å². The lowest BCUT2D eigenvalue weighted by Crippen LogP contribution is -2.20. The maximum Gasteiger partial charge on any atom is 0.354 e. The molecular formula is C20H28N6O2S. The third-order valence-corrected chi connectivity index (χ3v) is 7.08. The molecule has 0 saturated carbocycles. The van der Waals surface area contributed by atoms with Crippen molar-refractivity contribution >= 4 is 21.6 Å². The lowest BCUT2D eigenvalue weighted by molar-refractivity contribution is 0.260. The standard InChI is InChI=1S/C20H28N6O2S/c1-12(2)26-11-9-16(24-26)29(21,28)25-19(27)23-17-13-6-5-7-15(13)22-18-14(17)8-10-20(18,3)4/h9,11-12H,5-8,10H2,1-4H3,(H3,21,22,23,25,27,28)/t29-/m1/s1. The molecule has 29 heavy (non-hydrogen) atoms. The summed E-state index contributed by atoms with van der Waals surface area (Å²) in [7, 11) is -3.43. The van der Waals surface area contributed by atoms with E-state index in [4.69, 9.17) is 10.1 Å².